The van der Waals surface area contributed by atoms with Gasteiger partial charge in [0.05, 0.1) is 0 Å². The first-order valence-electron chi connectivity index (χ1n) is 5.39. The first-order chi connectivity index (χ1) is 7.27. The van der Waals surface area contributed by atoms with E-state index in [9.17, 15) is 0 Å². The Morgan fingerprint density at radius 1 is 1.40 bits per heavy atom. The highest BCUT2D eigenvalue weighted by Crippen LogP contribution is 2.38. The van der Waals surface area contributed by atoms with E-state index in [1.165, 1.54) is 11.3 Å². The maximum Gasteiger partial charge on any atom is 0.125 e. The molecule has 2 nitrogen and oxygen atoms in total. The third kappa shape index (κ3) is 1.59. The molecule has 2 aliphatic heterocycles. The molecule has 0 bridgehead atoms. The minimum absolute atomic E-state index is 0.0718. The van der Waals surface area contributed by atoms with Crippen LogP contribution in [-0.4, -0.2) is 23.7 Å². The third-order valence-corrected chi connectivity index (χ3v) is 4.62. The van der Waals surface area contributed by atoms with Crippen molar-refractivity contribution >= 4 is 17.4 Å². The number of benzene rings is 1. The molecular weight excluding hydrogens is 206 g/mol. The zero-order valence-electron chi connectivity index (χ0n) is 8.88. The molecule has 1 aromatic rings. The molecule has 0 radical (unpaired) electrons. The summed E-state index contributed by atoms with van der Waals surface area (Å²) in [6.45, 7) is 3.24. The van der Waals surface area contributed by atoms with Crippen molar-refractivity contribution in [2.75, 3.05) is 23.4 Å². The molecule has 3 heteroatoms. The van der Waals surface area contributed by atoms with Gasteiger partial charge in [-0.15, -0.1) is 0 Å². The van der Waals surface area contributed by atoms with Crippen LogP contribution in [0.4, 0.5) is 5.69 Å². The van der Waals surface area contributed by atoms with Crippen molar-refractivity contribution in [1.29, 1.82) is 0 Å². The molecule has 0 unspecified atom stereocenters. The fraction of sp³-hybridized carbons (Fsp3) is 0.500. The number of nitrogens with one attached hydrogen (secondary N) is 1. The Bertz CT molecular complexity index is 387. The molecule has 2 aliphatic rings. The summed E-state index contributed by atoms with van der Waals surface area (Å²) in [7, 11) is 0. The average molecular weight is 221 g/mol. The highest BCUT2D eigenvalue weighted by Gasteiger charge is 2.35. The summed E-state index contributed by atoms with van der Waals surface area (Å²) >= 11 is 1.96. The Morgan fingerprint density at radius 3 is 3.00 bits per heavy atom. The Morgan fingerprint density at radius 2 is 2.27 bits per heavy atom. The summed E-state index contributed by atoms with van der Waals surface area (Å²) in [6, 6.07) is 6.30. The van der Waals surface area contributed by atoms with Crippen LogP contribution >= 0.6 is 11.8 Å². The third-order valence-electron chi connectivity index (χ3n) is 2.99. The van der Waals surface area contributed by atoms with Gasteiger partial charge in [0.2, 0.25) is 0 Å². The first kappa shape index (κ1) is 9.40. The molecule has 0 atom stereocenters. The first-order valence-corrected chi connectivity index (χ1v) is 6.55. The van der Waals surface area contributed by atoms with E-state index < -0.39 is 0 Å². The Labute approximate surface area is 94.4 Å². The van der Waals surface area contributed by atoms with Crippen molar-refractivity contribution in [2.45, 2.75) is 18.9 Å². The summed E-state index contributed by atoms with van der Waals surface area (Å²) in [5.41, 5.74) is 2.68. The second-order valence-electron chi connectivity index (χ2n) is 4.50. The van der Waals surface area contributed by atoms with Crippen molar-refractivity contribution < 1.29 is 4.74 Å². The van der Waals surface area contributed by atoms with Crippen LogP contribution in [-0.2, 0) is 6.42 Å². The molecular formula is C12H15NOS. The molecule has 2 heterocycles. The number of rotatable bonds is 2. The van der Waals surface area contributed by atoms with E-state index in [4.69, 9.17) is 4.74 Å². The van der Waals surface area contributed by atoms with Crippen molar-refractivity contribution in [3.8, 4) is 5.75 Å². The van der Waals surface area contributed by atoms with Gasteiger partial charge in [-0.2, -0.15) is 11.8 Å². The lowest BCUT2D eigenvalue weighted by Gasteiger charge is -2.38. The monoisotopic (exact) mass is 221 g/mol. The van der Waals surface area contributed by atoms with E-state index >= 15 is 0 Å². The molecule has 1 N–H and O–H groups in total. The van der Waals surface area contributed by atoms with Gasteiger partial charge in [0.25, 0.3) is 0 Å². The smallest absolute Gasteiger partial charge is 0.125 e. The number of hydrogen-bond donors (Lipinski definition) is 1. The number of anilines is 1. The lowest BCUT2D eigenvalue weighted by atomic mass is 10.1. The summed E-state index contributed by atoms with van der Waals surface area (Å²) in [4.78, 5) is 0. The van der Waals surface area contributed by atoms with Crippen LogP contribution in [0.25, 0.3) is 0 Å². The van der Waals surface area contributed by atoms with Gasteiger partial charge in [-0.25, -0.2) is 0 Å². The van der Waals surface area contributed by atoms with Gasteiger partial charge in [0, 0.05) is 29.3 Å². The van der Waals surface area contributed by atoms with Gasteiger partial charge in [-0.1, -0.05) is 6.07 Å². The van der Waals surface area contributed by atoms with Gasteiger partial charge in [0.1, 0.15) is 11.4 Å². The Balaban J connectivity index is 1.89. The van der Waals surface area contributed by atoms with Crippen molar-refractivity contribution in [1.82, 2.24) is 0 Å². The van der Waals surface area contributed by atoms with Crippen LogP contribution < -0.4 is 10.1 Å². The second kappa shape index (κ2) is 3.34. The fourth-order valence-electron chi connectivity index (χ4n) is 2.12. The number of hydrogen-bond acceptors (Lipinski definition) is 3. The largest absolute Gasteiger partial charge is 0.485 e. The van der Waals surface area contributed by atoms with Gasteiger partial charge in [-0.3, -0.25) is 0 Å². The molecule has 1 aromatic carbocycles. The van der Waals surface area contributed by atoms with E-state index in [-0.39, 0.29) is 5.60 Å². The van der Waals surface area contributed by atoms with Gasteiger partial charge in [0.15, 0.2) is 0 Å². The normalized spacial score (nSPS) is 21.4. The second-order valence-corrected chi connectivity index (χ2v) is 5.49. The predicted octanol–water partition coefficient (Wildman–Crippen LogP) is 2.54. The molecule has 0 aliphatic carbocycles. The minimum Gasteiger partial charge on any atom is -0.485 e. The van der Waals surface area contributed by atoms with Crippen LogP contribution in [0.1, 0.15) is 12.5 Å². The number of thioether (sulfide) groups is 1. The molecule has 80 valence electrons. The summed E-state index contributed by atoms with van der Waals surface area (Å²) in [6.07, 6.45) is 1.09. The van der Waals surface area contributed by atoms with E-state index in [1.807, 2.05) is 11.8 Å². The van der Waals surface area contributed by atoms with Crippen molar-refractivity contribution in [2.24, 2.45) is 0 Å². The molecule has 1 saturated heterocycles. The topological polar surface area (TPSA) is 21.3 Å². The summed E-state index contributed by atoms with van der Waals surface area (Å²) in [5.74, 6) is 3.31. The molecule has 1 fully saturated rings. The SMILES string of the molecule is CC1(Oc2cccc3c2CCN3)CSC1. The average Bonchev–Trinajstić information content (AvgIpc) is 2.64. The van der Waals surface area contributed by atoms with Gasteiger partial charge >= 0.3 is 0 Å². The minimum atomic E-state index is 0.0718. The quantitative estimate of drug-likeness (QED) is 0.829. The predicted molar refractivity (Wildman–Crippen MR) is 65.0 cm³/mol. The lowest BCUT2D eigenvalue weighted by molar-refractivity contribution is 0.128. The highest BCUT2D eigenvalue weighted by atomic mass is 32.2. The van der Waals surface area contributed by atoms with Crippen LogP contribution in [0.5, 0.6) is 5.75 Å². The highest BCUT2D eigenvalue weighted by molar-refractivity contribution is 8.00. The van der Waals surface area contributed by atoms with Crippen LogP contribution in [0.15, 0.2) is 18.2 Å². The number of ether oxygens (including phenoxy) is 1. The van der Waals surface area contributed by atoms with Crippen molar-refractivity contribution in [3.63, 3.8) is 0 Å². The van der Waals surface area contributed by atoms with E-state index in [0.717, 1.165) is 30.2 Å². The molecule has 3 rings (SSSR count). The lowest BCUT2D eigenvalue weighted by Crippen LogP contribution is -2.45. The zero-order valence-corrected chi connectivity index (χ0v) is 9.69. The van der Waals surface area contributed by atoms with Crippen molar-refractivity contribution in [3.05, 3.63) is 23.8 Å². The van der Waals surface area contributed by atoms with E-state index in [0.29, 0.717) is 0 Å². The van der Waals surface area contributed by atoms with Crippen LogP contribution in [0.2, 0.25) is 0 Å². The van der Waals surface area contributed by atoms with Gasteiger partial charge < -0.3 is 10.1 Å². The molecule has 0 aromatic heterocycles. The summed E-state index contributed by atoms with van der Waals surface area (Å²) < 4.78 is 6.12. The molecule has 0 saturated carbocycles. The van der Waals surface area contributed by atoms with Crippen LogP contribution in [0.3, 0.4) is 0 Å². The Hall–Kier alpha value is -0.830. The fourth-order valence-corrected chi connectivity index (χ4v) is 3.02. The molecule has 15 heavy (non-hydrogen) atoms. The summed E-state index contributed by atoms with van der Waals surface area (Å²) in [5, 5.41) is 3.38. The number of fused-ring (bicyclic) bond motifs is 1. The van der Waals surface area contributed by atoms with E-state index in [1.54, 1.807) is 0 Å². The molecule has 0 spiro atoms. The maximum atomic E-state index is 6.12. The molecule has 0 amide bonds. The van der Waals surface area contributed by atoms with Crippen LogP contribution in [0, 0.1) is 0 Å². The standard InChI is InChI=1S/C12H15NOS/c1-12(7-15-8-12)14-11-4-2-3-10-9(11)5-6-13-10/h2-4,13H,5-8H2,1H3. The maximum absolute atomic E-state index is 6.12. The Kier molecular flexibility index (Phi) is 2.09. The zero-order chi connectivity index (χ0) is 10.3. The van der Waals surface area contributed by atoms with Gasteiger partial charge in [-0.05, 0) is 25.5 Å². The van der Waals surface area contributed by atoms with E-state index in [2.05, 4.69) is 30.4 Å².